The Balaban J connectivity index is 1.51. The number of benzene rings is 2. The second kappa shape index (κ2) is 8.93. The maximum absolute atomic E-state index is 12.9. The zero-order valence-corrected chi connectivity index (χ0v) is 16.9. The van der Waals surface area contributed by atoms with Crippen LogP contribution in [0.2, 0.25) is 0 Å². The first-order chi connectivity index (χ1) is 15.2. The molecule has 0 spiro atoms. The lowest BCUT2D eigenvalue weighted by molar-refractivity contribution is -0.147. The third-order valence-corrected chi connectivity index (χ3v) is 5.72. The van der Waals surface area contributed by atoms with Gasteiger partial charge in [0.2, 0.25) is 0 Å². The Labute approximate surface area is 179 Å². The largest absolute Gasteiger partial charge is 0.460 e. The van der Waals surface area contributed by atoms with Crippen molar-refractivity contribution in [3.8, 4) is 11.1 Å². The Morgan fingerprint density at radius 2 is 1.77 bits per heavy atom. The lowest BCUT2D eigenvalue weighted by Crippen LogP contribution is -2.46. The summed E-state index contributed by atoms with van der Waals surface area (Å²) in [6.07, 6.45) is 1.17. The van der Waals surface area contributed by atoms with Crippen molar-refractivity contribution in [2.45, 2.75) is 24.4 Å². The number of likely N-dealkylation sites (tertiary alicyclic amines) is 1. The minimum Gasteiger partial charge on any atom is -0.460 e. The van der Waals surface area contributed by atoms with E-state index in [1.807, 2.05) is 36.4 Å². The van der Waals surface area contributed by atoms with Gasteiger partial charge in [0.1, 0.15) is 19.3 Å². The highest BCUT2D eigenvalue weighted by Crippen LogP contribution is 2.44. The predicted octanol–water partition coefficient (Wildman–Crippen LogP) is 4.42. The van der Waals surface area contributed by atoms with Crippen LogP contribution in [0.3, 0.4) is 0 Å². The van der Waals surface area contributed by atoms with Crippen LogP contribution < -0.4 is 0 Å². The van der Waals surface area contributed by atoms with Crippen molar-refractivity contribution < 1.29 is 19.1 Å². The maximum atomic E-state index is 12.9. The van der Waals surface area contributed by atoms with Crippen LogP contribution in [0.15, 0.2) is 66.3 Å². The molecule has 4 rings (SSSR count). The van der Waals surface area contributed by atoms with Gasteiger partial charge in [-0.1, -0.05) is 66.3 Å². The van der Waals surface area contributed by atoms with Crippen LogP contribution in [-0.2, 0) is 14.3 Å². The number of carbonyl (C=O) groups excluding carboxylic acids is 2. The molecular weight excluding hydrogens is 396 g/mol. The first kappa shape index (κ1) is 20.5. The summed E-state index contributed by atoms with van der Waals surface area (Å²) in [5.41, 5.74) is 13.3. The van der Waals surface area contributed by atoms with Gasteiger partial charge in [0.05, 0.1) is 6.04 Å². The molecule has 1 heterocycles. The van der Waals surface area contributed by atoms with Gasteiger partial charge in [0.25, 0.3) is 0 Å². The lowest BCUT2D eigenvalue weighted by atomic mass is 9.98. The number of hydrogen-bond donors (Lipinski definition) is 0. The maximum Gasteiger partial charge on any atom is 0.410 e. The van der Waals surface area contributed by atoms with E-state index in [-0.39, 0.29) is 25.7 Å². The molecule has 0 bridgehead atoms. The van der Waals surface area contributed by atoms with Crippen LogP contribution >= 0.6 is 0 Å². The van der Waals surface area contributed by atoms with Crippen LogP contribution in [0.5, 0.6) is 0 Å². The predicted molar refractivity (Wildman–Crippen MR) is 114 cm³/mol. The Bertz CT molecular complexity index is 1020. The highest BCUT2D eigenvalue weighted by molar-refractivity contribution is 5.83. The van der Waals surface area contributed by atoms with Gasteiger partial charge in [-0.05, 0) is 34.2 Å². The van der Waals surface area contributed by atoms with Crippen molar-refractivity contribution in [2.24, 2.45) is 5.11 Å². The van der Waals surface area contributed by atoms with E-state index in [1.54, 1.807) is 0 Å². The molecule has 0 N–H and O–H groups in total. The van der Waals surface area contributed by atoms with Crippen molar-refractivity contribution in [3.63, 3.8) is 0 Å². The van der Waals surface area contributed by atoms with Crippen molar-refractivity contribution in [1.29, 1.82) is 0 Å². The highest BCUT2D eigenvalue weighted by atomic mass is 16.6. The number of hydrogen-bond acceptors (Lipinski definition) is 5. The molecule has 0 saturated carbocycles. The van der Waals surface area contributed by atoms with Crippen LogP contribution in [0.4, 0.5) is 4.79 Å². The molecular formula is C23H22N4O4. The summed E-state index contributed by atoms with van der Waals surface area (Å²) in [6, 6.07) is 14.4. The summed E-state index contributed by atoms with van der Waals surface area (Å²) in [6.45, 7) is 3.91. The molecule has 2 aromatic rings. The number of azide groups is 1. The average Bonchev–Trinajstić information content (AvgIpc) is 3.36. The SMILES string of the molecule is C=CCOC(=O)C1C(N=[N+]=[N-])CCN1C(=O)OCC1c2ccccc2-c2ccccc21. The fourth-order valence-corrected chi connectivity index (χ4v) is 4.36. The number of rotatable bonds is 6. The van der Waals surface area contributed by atoms with Crippen molar-refractivity contribution >= 4 is 12.1 Å². The fourth-order valence-electron chi connectivity index (χ4n) is 4.36. The zero-order chi connectivity index (χ0) is 21.8. The first-order valence-electron chi connectivity index (χ1n) is 10.1. The standard InChI is InChI=1S/C23H22N4O4/c1-2-13-30-22(28)21-20(25-26-24)11-12-27(21)23(29)31-14-19-17-9-5-3-7-15(17)16-8-4-6-10-18(16)19/h2-10,19-21H,1,11-14H2. The Morgan fingerprint density at radius 1 is 1.13 bits per heavy atom. The summed E-state index contributed by atoms with van der Waals surface area (Å²) in [7, 11) is 0. The number of nitrogens with zero attached hydrogens (tertiary/aromatic N) is 4. The van der Waals surface area contributed by atoms with Crippen molar-refractivity contribution in [2.75, 3.05) is 19.8 Å². The molecule has 158 valence electrons. The van der Waals surface area contributed by atoms with Gasteiger partial charge in [-0.2, -0.15) is 0 Å². The van der Waals surface area contributed by atoms with Crippen molar-refractivity contribution in [1.82, 2.24) is 4.90 Å². The van der Waals surface area contributed by atoms with Gasteiger partial charge in [-0.25, -0.2) is 9.59 Å². The summed E-state index contributed by atoms with van der Waals surface area (Å²) >= 11 is 0. The van der Waals surface area contributed by atoms with Crippen LogP contribution in [-0.4, -0.2) is 48.8 Å². The monoisotopic (exact) mass is 418 g/mol. The average molecular weight is 418 g/mol. The summed E-state index contributed by atoms with van der Waals surface area (Å²) in [5, 5.41) is 3.67. The first-order valence-corrected chi connectivity index (χ1v) is 10.1. The molecule has 1 saturated heterocycles. The van der Waals surface area contributed by atoms with E-state index < -0.39 is 24.1 Å². The molecule has 2 aliphatic rings. The van der Waals surface area contributed by atoms with Crippen LogP contribution in [0, 0.1) is 0 Å². The molecule has 2 unspecified atom stereocenters. The van der Waals surface area contributed by atoms with E-state index in [1.165, 1.54) is 11.0 Å². The van der Waals surface area contributed by atoms with Gasteiger partial charge in [-0.3, -0.25) is 4.90 Å². The molecule has 8 nitrogen and oxygen atoms in total. The Kier molecular flexibility index (Phi) is 5.91. The summed E-state index contributed by atoms with van der Waals surface area (Å²) in [4.78, 5) is 29.5. The van der Waals surface area contributed by atoms with E-state index in [0.29, 0.717) is 6.42 Å². The van der Waals surface area contributed by atoms with E-state index in [0.717, 1.165) is 22.3 Å². The second-order valence-corrected chi connectivity index (χ2v) is 7.42. The van der Waals surface area contributed by atoms with Crippen LogP contribution in [0.1, 0.15) is 23.5 Å². The van der Waals surface area contributed by atoms with Gasteiger partial charge in [-0.15, -0.1) is 0 Å². The minimum absolute atomic E-state index is 0.0108. The third-order valence-electron chi connectivity index (χ3n) is 5.72. The number of ether oxygens (including phenoxy) is 2. The summed E-state index contributed by atoms with van der Waals surface area (Å²) < 4.78 is 10.8. The lowest BCUT2D eigenvalue weighted by Gasteiger charge is -2.25. The number of esters is 1. The third kappa shape index (κ3) is 3.85. The molecule has 1 aliphatic carbocycles. The van der Waals surface area contributed by atoms with Gasteiger partial charge < -0.3 is 9.47 Å². The molecule has 1 aliphatic heterocycles. The number of carbonyl (C=O) groups is 2. The van der Waals surface area contributed by atoms with E-state index >= 15 is 0 Å². The molecule has 0 radical (unpaired) electrons. The Hall–Kier alpha value is -3.77. The topological polar surface area (TPSA) is 105 Å². The van der Waals surface area contributed by atoms with Gasteiger partial charge >= 0.3 is 12.1 Å². The molecule has 1 amide bonds. The Morgan fingerprint density at radius 3 is 2.39 bits per heavy atom. The molecule has 2 atom stereocenters. The quantitative estimate of drug-likeness (QED) is 0.228. The molecule has 31 heavy (non-hydrogen) atoms. The van der Waals surface area contributed by atoms with Gasteiger partial charge in [0, 0.05) is 17.4 Å². The normalized spacial score (nSPS) is 19.2. The van der Waals surface area contributed by atoms with E-state index in [9.17, 15) is 9.59 Å². The summed E-state index contributed by atoms with van der Waals surface area (Å²) in [5.74, 6) is -0.721. The zero-order valence-electron chi connectivity index (χ0n) is 16.9. The van der Waals surface area contributed by atoms with E-state index in [2.05, 4.69) is 28.7 Å². The molecule has 2 aromatic carbocycles. The highest BCUT2D eigenvalue weighted by Gasteiger charge is 2.43. The van der Waals surface area contributed by atoms with Crippen LogP contribution in [0.25, 0.3) is 21.6 Å². The van der Waals surface area contributed by atoms with Crippen molar-refractivity contribution in [3.05, 3.63) is 82.8 Å². The van der Waals surface area contributed by atoms with E-state index in [4.69, 9.17) is 15.0 Å². The molecule has 0 aromatic heterocycles. The fraction of sp³-hybridized carbons (Fsp3) is 0.304. The smallest absolute Gasteiger partial charge is 0.410 e. The second-order valence-electron chi connectivity index (χ2n) is 7.42. The number of amides is 1. The molecule has 1 fully saturated rings. The number of fused-ring (bicyclic) bond motifs is 3. The minimum atomic E-state index is -1.01. The molecule has 8 heteroatoms. The van der Waals surface area contributed by atoms with Gasteiger partial charge in [0.15, 0.2) is 0 Å².